The van der Waals surface area contributed by atoms with Crippen LogP contribution < -0.4 is 10.2 Å². The minimum Gasteiger partial charge on any atom is -0.372 e. The number of thiazole rings is 1. The van der Waals surface area contributed by atoms with Gasteiger partial charge in [-0.15, -0.1) is 11.3 Å². The lowest BCUT2D eigenvalue weighted by Gasteiger charge is -2.35. The van der Waals surface area contributed by atoms with Gasteiger partial charge in [-0.05, 0) is 20.8 Å². The van der Waals surface area contributed by atoms with Crippen LogP contribution in [-0.4, -0.2) is 36.3 Å². The number of morpholine rings is 1. The highest BCUT2D eigenvalue weighted by atomic mass is 32.1. The molecule has 2 heterocycles. The summed E-state index contributed by atoms with van der Waals surface area (Å²) in [4.78, 5) is 8.43. The van der Waals surface area contributed by atoms with E-state index < -0.39 is 0 Å². The zero-order valence-corrected chi connectivity index (χ0v) is 13.4. The van der Waals surface area contributed by atoms with E-state index in [-0.39, 0.29) is 12.2 Å². The molecule has 1 saturated heterocycles. The van der Waals surface area contributed by atoms with E-state index in [2.05, 4.69) is 44.8 Å². The molecule has 0 unspecified atom stereocenters. The highest BCUT2D eigenvalue weighted by molar-refractivity contribution is 7.15. The number of rotatable bonds is 4. The normalized spacial score (nSPS) is 24.2. The van der Waals surface area contributed by atoms with Crippen molar-refractivity contribution in [3.8, 4) is 0 Å². The van der Waals surface area contributed by atoms with E-state index in [9.17, 15) is 0 Å². The molecule has 4 nitrogen and oxygen atoms in total. The third-order valence-corrected chi connectivity index (χ3v) is 4.46. The van der Waals surface area contributed by atoms with Crippen molar-refractivity contribution in [3.05, 3.63) is 10.6 Å². The quantitative estimate of drug-likeness (QED) is 0.921. The minimum absolute atomic E-state index is 0.283. The molecule has 0 aliphatic carbocycles. The summed E-state index contributed by atoms with van der Waals surface area (Å²) in [7, 11) is 0. The van der Waals surface area contributed by atoms with Gasteiger partial charge in [0.25, 0.3) is 0 Å². The van der Waals surface area contributed by atoms with Gasteiger partial charge in [0.1, 0.15) is 0 Å². The lowest BCUT2D eigenvalue weighted by atomic mass is 10.2. The molecule has 1 aliphatic heterocycles. The second-order valence-corrected chi connectivity index (χ2v) is 6.76. The number of nitrogens with one attached hydrogen (secondary N) is 1. The molecule has 1 N–H and O–H groups in total. The fourth-order valence-electron chi connectivity index (χ4n) is 2.34. The summed E-state index contributed by atoms with van der Waals surface area (Å²) >= 11 is 1.81. The van der Waals surface area contributed by atoms with E-state index in [4.69, 9.17) is 9.72 Å². The molecule has 0 aromatic carbocycles. The van der Waals surface area contributed by atoms with Crippen LogP contribution in [0.4, 0.5) is 5.13 Å². The Morgan fingerprint density at radius 2 is 2.00 bits per heavy atom. The SMILES string of the molecule is Cc1nc(N2C[C@@H](C)O[C@@H](C)C2)sc1CNC(C)C. The first-order valence-electron chi connectivity index (χ1n) is 7.05. The van der Waals surface area contributed by atoms with Crippen molar-refractivity contribution in [2.24, 2.45) is 0 Å². The Hall–Kier alpha value is -0.650. The largest absolute Gasteiger partial charge is 0.372 e. The Balaban J connectivity index is 2.06. The van der Waals surface area contributed by atoms with E-state index >= 15 is 0 Å². The van der Waals surface area contributed by atoms with Crippen molar-refractivity contribution < 1.29 is 4.74 Å². The predicted molar refractivity (Wildman–Crippen MR) is 81.0 cm³/mol. The summed E-state index contributed by atoms with van der Waals surface area (Å²) in [5.41, 5.74) is 1.15. The molecule has 1 aliphatic rings. The molecular weight excluding hydrogens is 258 g/mol. The molecule has 0 saturated carbocycles. The second-order valence-electron chi connectivity index (χ2n) is 5.70. The second kappa shape index (κ2) is 6.20. The van der Waals surface area contributed by atoms with Gasteiger partial charge in [0.2, 0.25) is 0 Å². The Bertz CT molecular complexity index is 409. The van der Waals surface area contributed by atoms with E-state index in [1.807, 2.05) is 11.3 Å². The highest BCUT2D eigenvalue weighted by Crippen LogP contribution is 2.28. The fourth-order valence-corrected chi connectivity index (χ4v) is 3.37. The van der Waals surface area contributed by atoms with Crippen LogP contribution in [0.2, 0.25) is 0 Å². The van der Waals surface area contributed by atoms with Crippen LogP contribution in [0.15, 0.2) is 0 Å². The minimum atomic E-state index is 0.283. The first-order chi connectivity index (χ1) is 8.95. The van der Waals surface area contributed by atoms with Crippen molar-refractivity contribution in [2.45, 2.75) is 59.4 Å². The summed E-state index contributed by atoms with van der Waals surface area (Å²) in [5.74, 6) is 0. The first kappa shape index (κ1) is 14.8. The molecule has 1 aromatic rings. The molecule has 5 heteroatoms. The average molecular weight is 283 g/mol. The number of hydrogen-bond donors (Lipinski definition) is 1. The van der Waals surface area contributed by atoms with Crippen molar-refractivity contribution in [2.75, 3.05) is 18.0 Å². The van der Waals surface area contributed by atoms with Gasteiger partial charge in [0.05, 0.1) is 17.9 Å². The maximum Gasteiger partial charge on any atom is 0.185 e. The molecule has 1 aromatic heterocycles. The molecular formula is C14H25N3OS. The number of hydrogen-bond acceptors (Lipinski definition) is 5. The van der Waals surface area contributed by atoms with Crippen LogP contribution in [0.1, 0.15) is 38.3 Å². The van der Waals surface area contributed by atoms with E-state index in [0.29, 0.717) is 6.04 Å². The van der Waals surface area contributed by atoms with Crippen LogP contribution >= 0.6 is 11.3 Å². The molecule has 2 atom stereocenters. The smallest absolute Gasteiger partial charge is 0.185 e. The first-order valence-corrected chi connectivity index (χ1v) is 7.87. The molecule has 108 valence electrons. The third-order valence-electron chi connectivity index (χ3n) is 3.24. The van der Waals surface area contributed by atoms with E-state index in [0.717, 1.165) is 30.5 Å². The van der Waals surface area contributed by atoms with Gasteiger partial charge in [-0.2, -0.15) is 0 Å². The maximum absolute atomic E-state index is 5.78. The average Bonchev–Trinajstić information content (AvgIpc) is 2.67. The number of aryl methyl sites for hydroxylation is 1. The number of ether oxygens (including phenoxy) is 1. The maximum atomic E-state index is 5.78. The summed E-state index contributed by atoms with van der Waals surface area (Å²) in [6.07, 6.45) is 0.565. The molecule has 0 radical (unpaired) electrons. The van der Waals surface area contributed by atoms with Gasteiger partial charge in [0, 0.05) is 30.6 Å². The summed E-state index contributed by atoms with van der Waals surface area (Å²) in [6, 6.07) is 0.508. The Morgan fingerprint density at radius 1 is 1.37 bits per heavy atom. The van der Waals surface area contributed by atoms with E-state index in [1.54, 1.807) is 0 Å². The molecule has 0 amide bonds. The van der Waals surface area contributed by atoms with E-state index in [1.165, 1.54) is 4.88 Å². The van der Waals surface area contributed by atoms with Gasteiger partial charge in [0.15, 0.2) is 5.13 Å². The van der Waals surface area contributed by atoms with Gasteiger partial charge in [-0.3, -0.25) is 0 Å². The van der Waals surface area contributed by atoms with Gasteiger partial charge in [-0.1, -0.05) is 13.8 Å². The van der Waals surface area contributed by atoms with Crippen LogP contribution in [-0.2, 0) is 11.3 Å². The molecule has 1 fully saturated rings. The zero-order valence-electron chi connectivity index (χ0n) is 12.6. The van der Waals surface area contributed by atoms with Gasteiger partial charge >= 0.3 is 0 Å². The Kier molecular flexibility index (Phi) is 4.81. The lowest BCUT2D eigenvalue weighted by Crippen LogP contribution is -2.45. The van der Waals surface area contributed by atoms with Crippen molar-refractivity contribution in [1.82, 2.24) is 10.3 Å². The fraction of sp³-hybridized carbons (Fsp3) is 0.786. The van der Waals surface area contributed by atoms with Crippen LogP contribution in [0, 0.1) is 6.92 Å². The molecule has 2 rings (SSSR count). The zero-order chi connectivity index (χ0) is 14.0. The van der Waals surface area contributed by atoms with Crippen LogP contribution in [0.3, 0.4) is 0 Å². The standard InChI is InChI=1S/C14H25N3OS/c1-9(2)15-6-13-12(5)16-14(19-13)17-7-10(3)18-11(4)8-17/h9-11,15H,6-8H2,1-5H3/t10-,11+. The van der Waals surface area contributed by atoms with Gasteiger partial charge in [-0.25, -0.2) is 4.98 Å². The van der Waals surface area contributed by atoms with Crippen molar-refractivity contribution in [3.63, 3.8) is 0 Å². The van der Waals surface area contributed by atoms with Crippen molar-refractivity contribution >= 4 is 16.5 Å². The van der Waals surface area contributed by atoms with Crippen LogP contribution in [0.25, 0.3) is 0 Å². The highest BCUT2D eigenvalue weighted by Gasteiger charge is 2.24. The predicted octanol–water partition coefficient (Wildman–Crippen LogP) is 2.56. The number of anilines is 1. The molecule has 0 bridgehead atoms. The molecule has 0 spiro atoms. The lowest BCUT2D eigenvalue weighted by molar-refractivity contribution is -0.00523. The Morgan fingerprint density at radius 3 is 2.58 bits per heavy atom. The third kappa shape index (κ3) is 3.91. The number of nitrogens with zero attached hydrogens (tertiary/aromatic N) is 2. The summed E-state index contributed by atoms with van der Waals surface area (Å²) < 4.78 is 5.78. The number of aromatic nitrogens is 1. The van der Waals surface area contributed by atoms with Gasteiger partial charge < -0.3 is 15.0 Å². The topological polar surface area (TPSA) is 37.4 Å². The monoisotopic (exact) mass is 283 g/mol. The Labute approximate surface area is 120 Å². The van der Waals surface area contributed by atoms with Crippen molar-refractivity contribution in [1.29, 1.82) is 0 Å². The van der Waals surface area contributed by atoms with Crippen LogP contribution in [0.5, 0.6) is 0 Å². The summed E-state index contributed by atoms with van der Waals surface area (Å²) in [5, 5.41) is 4.60. The summed E-state index contributed by atoms with van der Waals surface area (Å²) in [6.45, 7) is 13.5. The molecule has 19 heavy (non-hydrogen) atoms.